The van der Waals surface area contributed by atoms with Gasteiger partial charge in [0.2, 0.25) is 0 Å². The Morgan fingerprint density at radius 3 is 2.32 bits per heavy atom. The van der Waals surface area contributed by atoms with Gasteiger partial charge in [-0.05, 0) is 36.4 Å². The van der Waals surface area contributed by atoms with E-state index in [9.17, 15) is 13.2 Å². The fourth-order valence-electron chi connectivity index (χ4n) is 2.88. The van der Waals surface area contributed by atoms with E-state index in [1.54, 1.807) is 12.4 Å². The Labute approximate surface area is 158 Å². The predicted molar refractivity (Wildman–Crippen MR) is 96.5 cm³/mol. The molecule has 0 amide bonds. The van der Waals surface area contributed by atoms with Crippen molar-refractivity contribution in [1.29, 1.82) is 0 Å². The van der Waals surface area contributed by atoms with Gasteiger partial charge in [-0.1, -0.05) is 0 Å². The highest BCUT2D eigenvalue weighted by Gasteiger charge is 2.33. The monoisotopic (exact) mass is 387 g/mol. The van der Waals surface area contributed by atoms with Crippen LogP contribution in [0.15, 0.2) is 48.8 Å². The van der Waals surface area contributed by atoms with Crippen LogP contribution in [0, 0.1) is 5.92 Å². The number of nitrogens with one attached hydrogen (secondary N) is 1. The highest BCUT2D eigenvalue weighted by Crippen LogP contribution is 2.27. The molecule has 3 aromatic rings. The lowest BCUT2D eigenvalue weighted by atomic mass is 10.0. The van der Waals surface area contributed by atoms with Gasteiger partial charge in [0.25, 0.3) is 0 Å². The van der Waals surface area contributed by atoms with Crippen LogP contribution in [0.3, 0.4) is 0 Å². The van der Waals surface area contributed by atoms with E-state index in [1.165, 1.54) is 6.07 Å². The van der Waals surface area contributed by atoms with Crippen molar-refractivity contribution < 1.29 is 13.2 Å². The number of halogens is 3. The van der Waals surface area contributed by atoms with Crippen LogP contribution in [0.1, 0.15) is 5.69 Å². The molecule has 7 nitrogen and oxygen atoms in total. The molecule has 1 aliphatic rings. The van der Waals surface area contributed by atoms with Crippen LogP contribution in [0.5, 0.6) is 0 Å². The van der Waals surface area contributed by atoms with E-state index in [-0.39, 0.29) is 0 Å². The van der Waals surface area contributed by atoms with Gasteiger partial charge in [0, 0.05) is 43.5 Å². The van der Waals surface area contributed by atoms with Crippen molar-refractivity contribution in [3.8, 4) is 11.3 Å². The lowest BCUT2D eigenvalue weighted by Crippen LogP contribution is -2.50. The number of rotatable bonds is 5. The first-order valence-electron chi connectivity index (χ1n) is 8.63. The number of pyridine rings is 1. The predicted octanol–water partition coefficient (Wildman–Crippen LogP) is 2.90. The number of hydrogen-bond acceptors (Lipinski definition) is 7. The highest BCUT2D eigenvalue weighted by atomic mass is 19.4. The molecular formula is C18H16F3N7. The smallest absolute Gasteiger partial charge is 0.368 e. The summed E-state index contributed by atoms with van der Waals surface area (Å²) in [5.74, 6) is 1.46. The normalized spacial score (nSPS) is 14.6. The Morgan fingerprint density at radius 1 is 0.929 bits per heavy atom. The van der Waals surface area contributed by atoms with Gasteiger partial charge < -0.3 is 10.2 Å². The minimum absolute atomic E-state index is 0.327. The standard InChI is InChI=1S/C18H16F3N7/c19-18(20,21)15-2-3-16(26-25-15)23-9-12-10-28(11-12)17-4-1-14(24-27-17)13-5-7-22-8-6-13/h1-8,12H,9-11H2,(H,23,26). The third-order valence-corrected chi connectivity index (χ3v) is 4.43. The molecule has 144 valence electrons. The summed E-state index contributed by atoms with van der Waals surface area (Å²) in [5.41, 5.74) is 0.741. The number of aromatic nitrogens is 5. The molecule has 0 aliphatic carbocycles. The lowest BCUT2D eigenvalue weighted by molar-refractivity contribution is -0.141. The second-order valence-corrected chi connectivity index (χ2v) is 6.47. The Morgan fingerprint density at radius 2 is 1.71 bits per heavy atom. The highest BCUT2D eigenvalue weighted by molar-refractivity contribution is 5.59. The Kier molecular flexibility index (Phi) is 4.76. The first kappa shape index (κ1) is 18.1. The van der Waals surface area contributed by atoms with Crippen molar-refractivity contribution in [2.75, 3.05) is 29.9 Å². The quantitative estimate of drug-likeness (QED) is 0.721. The zero-order chi connectivity index (χ0) is 19.6. The fourth-order valence-corrected chi connectivity index (χ4v) is 2.88. The Balaban J connectivity index is 1.27. The lowest BCUT2D eigenvalue weighted by Gasteiger charge is -2.40. The average molecular weight is 387 g/mol. The molecular weight excluding hydrogens is 371 g/mol. The summed E-state index contributed by atoms with van der Waals surface area (Å²) in [5, 5.41) is 18.3. The summed E-state index contributed by atoms with van der Waals surface area (Å²) in [6.45, 7) is 2.16. The molecule has 28 heavy (non-hydrogen) atoms. The minimum atomic E-state index is -4.48. The van der Waals surface area contributed by atoms with Crippen LogP contribution < -0.4 is 10.2 Å². The molecule has 0 aromatic carbocycles. The van der Waals surface area contributed by atoms with E-state index in [0.29, 0.717) is 18.3 Å². The zero-order valence-corrected chi connectivity index (χ0v) is 14.6. The molecule has 0 saturated carbocycles. The second kappa shape index (κ2) is 7.37. The van der Waals surface area contributed by atoms with Crippen LogP contribution in [-0.2, 0) is 6.18 Å². The first-order chi connectivity index (χ1) is 13.5. The SMILES string of the molecule is FC(F)(F)c1ccc(NCC2CN(c3ccc(-c4ccncc4)nn3)C2)nn1. The molecule has 0 bridgehead atoms. The van der Waals surface area contributed by atoms with E-state index >= 15 is 0 Å². The van der Waals surface area contributed by atoms with E-state index < -0.39 is 11.9 Å². The molecule has 1 saturated heterocycles. The molecule has 0 radical (unpaired) electrons. The van der Waals surface area contributed by atoms with E-state index in [1.807, 2.05) is 24.3 Å². The molecule has 0 spiro atoms. The molecule has 1 fully saturated rings. The Bertz CT molecular complexity index is 909. The molecule has 10 heteroatoms. The Hall–Kier alpha value is -3.30. The zero-order valence-electron chi connectivity index (χ0n) is 14.6. The summed E-state index contributed by atoms with van der Waals surface area (Å²) >= 11 is 0. The topological polar surface area (TPSA) is 79.7 Å². The maximum Gasteiger partial charge on any atom is 0.435 e. The first-order valence-corrected chi connectivity index (χ1v) is 8.63. The van der Waals surface area contributed by atoms with Gasteiger partial charge in [0.15, 0.2) is 11.5 Å². The number of nitrogens with zero attached hydrogens (tertiary/aromatic N) is 6. The third kappa shape index (κ3) is 4.00. The summed E-state index contributed by atoms with van der Waals surface area (Å²) in [7, 11) is 0. The van der Waals surface area contributed by atoms with Gasteiger partial charge >= 0.3 is 6.18 Å². The van der Waals surface area contributed by atoms with Gasteiger partial charge in [0.05, 0.1) is 5.69 Å². The molecule has 4 heterocycles. The van der Waals surface area contributed by atoms with Crippen molar-refractivity contribution in [3.05, 3.63) is 54.5 Å². The van der Waals surface area contributed by atoms with Crippen molar-refractivity contribution in [2.45, 2.75) is 6.18 Å². The molecule has 0 unspecified atom stereocenters. The summed E-state index contributed by atoms with van der Waals surface area (Å²) < 4.78 is 37.4. The summed E-state index contributed by atoms with van der Waals surface area (Å²) in [6, 6.07) is 9.80. The average Bonchev–Trinajstić information content (AvgIpc) is 2.68. The molecule has 1 aliphatic heterocycles. The third-order valence-electron chi connectivity index (χ3n) is 4.43. The molecule has 3 aromatic heterocycles. The van der Waals surface area contributed by atoms with E-state index in [4.69, 9.17) is 0 Å². The minimum Gasteiger partial charge on any atom is -0.368 e. The van der Waals surface area contributed by atoms with Crippen molar-refractivity contribution >= 4 is 11.6 Å². The van der Waals surface area contributed by atoms with Crippen LogP contribution in [0.4, 0.5) is 24.8 Å². The summed E-state index contributed by atoms with van der Waals surface area (Å²) in [4.78, 5) is 6.07. The number of anilines is 2. The number of hydrogen-bond donors (Lipinski definition) is 1. The van der Waals surface area contributed by atoms with E-state index in [0.717, 1.165) is 36.2 Å². The largest absolute Gasteiger partial charge is 0.435 e. The molecule has 0 atom stereocenters. The van der Waals surface area contributed by atoms with Crippen molar-refractivity contribution in [3.63, 3.8) is 0 Å². The molecule has 1 N–H and O–H groups in total. The van der Waals surface area contributed by atoms with Crippen LogP contribution >= 0.6 is 0 Å². The summed E-state index contributed by atoms with van der Waals surface area (Å²) in [6.07, 6.45) is -1.06. The van der Waals surface area contributed by atoms with Crippen LogP contribution in [-0.4, -0.2) is 45.0 Å². The molecule has 4 rings (SSSR count). The van der Waals surface area contributed by atoms with Gasteiger partial charge in [0.1, 0.15) is 5.82 Å². The fraction of sp³-hybridized carbons (Fsp3) is 0.278. The number of alkyl halides is 3. The maximum atomic E-state index is 12.5. The van der Waals surface area contributed by atoms with Crippen LogP contribution in [0.2, 0.25) is 0 Å². The van der Waals surface area contributed by atoms with Crippen molar-refractivity contribution in [1.82, 2.24) is 25.4 Å². The van der Waals surface area contributed by atoms with Gasteiger partial charge in [-0.15, -0.1) is 20.4 Å². The second-order valence-electron chi connectivity index (χ2n) is 6.47. The van der Waals surface area contributed by atoms with Gasteiger partial charge in [-0.2, -0.15) is 13.2 Å². The maximum absolute atomic E-state index is 12.5. The van der Waals surface area contributed by atoms with Gasteiger partial charge in [-0.3, -0.25) is 4.98 Å². The van der Waals surface area contributed by atoms with Crippen LogP contribution in [0.25, 0.3) is 11.3 Å². The van der Waals surface area contributed by atoms with Crippen molar-refractivity contribution in [2.24, 2.45) is 5.92 Å². The van der Waals surface area contributed by atoms with Gasteiger partial charge in [-0.25, -0.2) is 0 Å². The van der Waals surface area contributed by atoms with E-state index in [2.05, 4.69) is 35.6 Å².